The molecule has 0 saturated carbocycles. The highest BCUT2D eigenvalue weighted by Crippen LogP contribution is 2.08. The van der Waals surface area contributed by atoms with E-state index in [1.165, 1.54) is 77.0 Å². The van der Waals surface area contributed by atoms with Crippen molar-refractivity contribution >= 4 is 0 Å². The van der Waals surface area contributed by atoms with Crippen LogP contribution in [-0.4, -0.2) is 37.6 Å². The van der Waals surface area contributed by atoms with E-state index in [-0.39, 0.29) is 12.7 Å². The summed E-state index contributed by atoms with van der Waals surface area (Å²) in [4.78, 5) is 0. The third-order valence-electron chi connectivity index (χ3n) is 4.50. The molecular weight excluding hydrogens is 300 g/mol. The molecule has 24 heavy (non-hydrogen) atoms. The van der Waals surface area contributed by atoms with Crippen LogP contribution in [0, 0.1) is 0 Å². The van der Waals surface area contributed by atoms with Crippen LogP contribution in [0.1, 0.15) is 104 Å². The third-order valence-corrected chi connectivity index (χ3v) is 4.50. The van der Waals surface area contributed by atoms with Crippen LogP contribution in [-0.2, 0) is 9.47 Å². The fourth-order valence-electron chi connectivity index (χ4n) is 2.84. The quantitative estimate of drug-likeness (QED) is 0.280. The van der Waals surface area contributed by atoms with Gasteiger partial charge in [0.1, 0.15) is 6.10 Å². The van der Waals surface area contributed by atoms with Crippen LogP contribution in [0.25, 0.3) is 0 Å². The molecule has 0 fully saturated rings. The SMILES string of the molecule is CCCCCCCCCOC[C@H](CO)OCCCCCCCCC. The Morgan fingerprint density at radius 1 is 0.625 bits per heavy atom. The van der Waals surface area contributed by atoms with Crippen molar-refractivity contribution in [3.8, 4) is 0 Å². The maximum absolute atomic E-state index is 9.34. The second kappa shape index (κ2) is 20.9. The number of hydrogen-bond donors (Lipinski definition) is 1. The first-order valence-electron chi connectivity index (χ1n) is 10.6. The first-order valence-corrected chi connectivity index (χ1v) is 10.6. The molecule has 0 aromatic rings. The summed E-state index contributed by atoms with van der Waals surface area (Å²) in [6.45, 7) is 6.64. The summed E-state index contributed by atoms with van der Waals surface area (Å²) in [7, 11) is 0. The van der Waals surface area contributed by atoms with Crippen molar-refractivity contribution in [2.45, 2.75) is 110 Å². The molecular formula is C21H44O3. The average molecular weight is 345 g/mol. The highest BCUT2D eigenvalue weighted by atomic mass is 16.5. The molecule has 0 rings (SSSR count). The van der Waals surface area contributed by atoms with E-state index in [4.69, 9.17) is 9.47 Å². The summed E-state index contributed by atoms with van der Waals surface area (Å²) in [6.07, 6.45) is 18.0. The number of rotatable bonds is 20. The highest BCUT2D eigenvalue weighted by Gasteiger charge is 2.07. The molecule has 1 atom stereocenters. The molecule has 0 radical (unpaired) electrons. The van der Waals surface area contributed by atoms with Gasteiger partial charge in [0.05, 0.1) is 13.2 Å². The zero-order valence-corrected chi connectivity index (χ0v) is 16.6. The van der Waals surface area contributed by atoms with Gasteiger partial charge < -0.3 is 14.6 Å². The van der Waals surface area contributed by atoms with Gasteiger partial charge in [-0.05, 0) is 12.8 Å². The Bertz CT molecular complexity index is 221. The van der Waals surface area contributed by atoms with Crippen LogP contribution in [0.15, 0.2) is 0 Å². The van der Waals surface area contributed by atoms with Gasteiger partial charge in [-0.2, -0.15) is 0 Å². The van der Waals surface area contributed by atoms with E-state index in [1.807, 2.05) is 0 Å². The summed E-state index contributed by atoms with van der Waals surface area (Å²) in [5.41, 5.74) is 0. The molecule has 0 aromatic heterocycles. The van der Waals surface area contributed by atoms with Crippen molar-refractivity contribution in [1.29, 1.82) is 0 Å². The van der Waals surface area contributed by atoms with Crippen LogP contribution in [0.2, 0.25) is 0 Å². The van der Waals surface area contributed by atoms with Gasteiger partial charge in [-0.25, -0.2) is 0 Å². The summed E-state index contributed by atoms with van der Waals surface area (Å²) in [6, 6.07) is 0. The van der Waals surface area contributed by atoms with Crippen molar-refractivity contribution in [3.05, 3.63) is 0 Å². The number of hydrogen-bond acceptors (Lipinski definition) is 3. The Morgan fingerprint density at radius 3 is 1.58 bits per heavy atom. The fraction of sp³-hybridized carbons (Fsp3) is 1.00. The van der Waals surface area contributed by atoms with Gasteiger partial charge >= 0.3 is 0 Å². The van der Waals surface area contributed by atoms with Crippen molar-refractivity contribution in [2.24, 2.45) is 0 Å². The molecule has 0 amide bonds. The highest BCUT2D eigenvalue weighted by molar-refractivity contribution is 4.55. The van der Waals surface area contributed by atoms with Crippen molar-refractivity contribution in [3.63, 3.8) is 0 Å². The number of ether oxygens (including phenoxy) is 2. The second-order valence-corrected chi connectivity index (χ2v) is 6.99. The van der Waals surface area contributed by atoms with Crippen molar-refractivity contribution < 1.29 is 14.6 Å². The molecule has 3 nitrogen and oxygen atoms in total. The maximum Gasteiger partial charge on any atom is 0.104 e. The van der Waals surface area contributed by atoms with Gasteiger partial charge in [0.2, 0.25) is 0 Å². The molecule has 3 heteroatoms. The molecule has 0 unspecified atom stereocenters. The molecule has 0 heterocycles. The lowest BCUT2D eigenvalue weighted by Crippen LogP contribution is -2.24. The van der Waals surface area contributed by atoms with E-state index < -0.39 is 0 Å². The first kappa shape index (κ1) is 23.9. The molecule has 0 bridgehead atoms. The molecule has 0 aliphatic rings. The van der Waals surface area contributed by atoms with E-state index >= 15 is 0 Å². The molecule has 1 N–H and O–H groups in total. The van der Waals surface area contributed by atoms with Crippen LogP contribution in [0.3, 0.4) is 0 Å². The van der Waals surface area contributed by atoms with E-state index in [9.17, 15) is 5.11 Å². The lowest BCUT2D eigenvalue weighted by atomic mass is 10.1. The van der Waals surface area contributed by atoms with Crippen LogP contribution in [0.4, 0.5) is 0 Å². The van der Waals surface area contributed by atoms with Crippen LogP contribution in [0.5, 0.6) is 0 Å². The largest absolute Gasteiger partial charge is 0.394 e. The minimum absolute atomic E-state index is 0.0630. The lowest BCUT2D eigenvalue weighted by Gasteiger charge is -2.15. The zero-order valence-electron chi connectivity index (χ0n) is 16.6. The molecule has 0 saturated heterocycles. The molecule has 0 aliphatic carbocycles. The normalized spacial score (nSPS) is 12.6. The van der Waals surface area contributed by atoms with Crippen LogP contribution < -0.4 is 0 Å². The Hall–Kier alpha value is -0.120. The molecule has 146 valence electrons. The van der Waals surface area contributed by atoms with E-state index in [0.29, 0.717) is 6.61 Å². The average Bonchev–Trinajstić information content (AvgIpc) is 2.60. The third kappa shape index (κ3) is 18.2. The predicted molar refractivity (Wildman–Crippen MR) is 104 cm³/mol. The zero-order chi connectivity index (χ0) is 17.7. The Labute approximate surface area is 151 Å². The van der Waals surface area contributed by atoms with E-state index in [0.717, 1.165) is 26.1 Å². The van der Waals surface area contributed by atoms with Crippen molar-refractivity contribution in [2.75, 3.05) is 26.4 Å². The summed E-state index contributed by atoms with van der Waals surface area (Å²) < 4.78 is 11.4. The standard InChI is InChI=1S/C21H44O3/c1-3-5-7-9-11-13-15-17-23-20-21(19-22)24-18-16-14-12-10-8-6-4-2/h21-22H,3-20H2,1-2H3/t21-/m0/s1. The van der Waals surface area contributed by atoms with Gasteiger partial charge in [-0.1, -0.05) is 90.9 Å². The van der Waals surface area contributed by atoms with E-state index in [1.54, 1.807) is 0 Å². The fourth-order valence-corrected chi connectivity index (χ4v) is 2.84. The Morgan fingerprint density at radius 2 is 1.08 bits per heavy atom. The van der Waals surface area contributed by atoms with E-state index in [2.05, 4.69) is 13.8 Å². The maximum atomic E-state index is 9.34. The summed E-state index contributed by atoms with van der Waals surface area (Å²) >= 11 is 0. The minimum Gasteiger partial charge on any atom is -0.394 e. The summed E-state index contributed by atoms with van der Waals surface area (Å²) in [5, 5.41) is 9.34. The molecule has 0 spiro atoms. The topological polar surface area (TPSA) is 38.7 Å². The number of unbranched alkanes of at least 4 members (excludes halogenated alkanes) is 12. The summed E-state index contributed by atoms with van der Waals surface area (Å²) in [5.74, 6) is 0. The van der Waals surface area contributed by atoms with Gasteiger partial charge in [-0.15, -0.1) is 0 Å². The molecule has 0 aliphatic heterocycles. The first-order chi connectivity index (χ1) is 11.8. The number of aliphatic hydroxyl groups excluding tert-OH is 1. The second-order valence-electron chi connectivity index (χ2n) is 6.99. The predicted octanol–water partition coefficient (Wildman–Crippen LogP) is 5.88. The van der Waals surface area contributed by atoms with Crippen LogP contribution >= 0.6 is 0 Å². The molecule has 0 aromatic carbocycles. The lowest BCUT2D eigenvalue weighted by molar-refractivity contribution is -0.0437. The Kier molecular flexibility index (Phi) is 20.8. The Balaban J connectivity index is 3.28. The van der Waals surface area contributed by atoms with Gasteiger partial charge in [0, 0.05) is 13.2 Å². The minimum atomic E-state index is -0.144. The smallest absolute Gasteiger partial charge is 0.104 e. The van der Waals surface area contributed by atoms with Gasteiger partial charge in [-0.3, -0.25) is 0 Å². The number of aliphatic hydroxyl groups is 1. The monoisotopic (exact) mass is 344 g/mol. The van der Waals surface area contributed by atoms with Crippen molar-refractivity contribution in [1.82, 2.24) is 0 Å². The van der Waals surface area contributed by atoms with Gasteiger partial charge in [0.25, 0.3) is 0 Å². The van der Waals surface area contributed by atoms with Gasteiger partial charge in [0.15, 0.2) is 0 Å².